The number of imide groups is 1. The number of aryl methyl sites for hydroxylation is 1. The van der Waals surface area contributed by atoms with Crippen LogP contribution in [-0.4, -0.2) is 61.1 Å². The minimum atomic E-state index is -0.876. The first kappa shape index (κ1) is 24.1. The van der Waals surface area contributed by atoms with Crippen LogP contribution in [0.3, 0.4) is 0 Å². The number of para-hydroxylation sites is 1. The fourth-order valence-corrected chi connectivity index (χ4v) is 5.27. The predicted octanol–water partition coefficient (Wildman–Crippen LogP) is 3.86. The Morgan fingerprint density at radius 2 is 1.74 bits per heavy atom. The fourth-order valence-electron chi connectivity index (χ4n) is 5.27. The molecule has 2 saturated heterocycles. The van der Waals surface area contributed by atoms with Gasteiger partial charge in [0, 0.05) is 5.56 Å². The van der Waals surface area contributed by atoms with Crippen molar-refractivity contribution in [3.05, 3.63) is 59.7 Å². The Balaban J connectivity index is 1.34. The summed E-state index contributed by atoms with van der Waals surface area (Å²) < 4.78 is 10.8. The first-order valence-corrected chi connectivity index (χ1v) is 12.1. The molecular weight excluding hydrogens is 430 g/mol. The Hall–Kier alpha value is -3.06. The quantitative estimate of drug-likeness (QED) is 0.570. The van der Waals surface area contributed by atoms with E-state index < -0.39 is 5.54 Å². The lowest BCUT2D eigenvalue weighted by Crippen LogP contribution is -2.54. The zero-order valence-electron chi connectivity index (χ0n) is 20.4. The second-order valence-corrected chi connectivity index (χ2v) is 9.38. The molecule has 2 aromatic carbocycles. The first-order valence-electron chi connectivity index (χ1n) is 12.1. The highest BCUT2D eigenvalue weighted by molar-refractivity contribution is 6.07. The Morgan fingerprint density at radius 3 is 2.41 bits per heavy atom. The highest BCUT2D eigenvalue weighted by Crippen LogP contribution is 2.36. The molecule has 3 amide bonds. The Morgan fingerprint density at radius 1 is 1.00 bits per heavy atom. The molecule has 2 heterocycles. The van der Waals surface area contributed by atoms with Crippen molar-refractivity contribution in [3.63, 3.8) is 0 Å². The zero-order valence-corrected chi connectivity index (χ0v) is 20.4. The number of nitrogens with zero attached hydrogens (tertiary/aromatic N) is 2. The third-order valence-electron chi connectivity index (χ3n) is 7.30. The van der Waals surface area contributed by atoms with E-state index in [1.165, 1.54) is 10.5 Å². The van der Waals surface area contributed by atoms with E-state index in [4.69, 9.17) is 9.47 Å². The molecule has 7 heteroatoms. The van der Waals surface area contributed by atoms with E-state index >= 15 is 0 Å². The molecule has 7 nitrogen and oxygen atoms in total. The maximum atomic E-state index is 13.5. The number of carbonyl (C=O) groups excluding carboxylic acids is 2. The van der Waals surface area contributed by atoms with Crippen LogP contribution in [-0.2, 0) is 17.8 Å². The van der Waals surface area contributed by atoms with Gasteiger partial charge in [0.15, 0.2) is 11.5 Å². The maximum Gasteiger partial charge on any atom is 0.325 e. The summed E-state index contributed by atoms with van der Waals surface area (Å²) in [6.07, 6.45) is 3.99. The van der Waals surface area contributed by atoms with E-state index in [0.29, 0.717) is 11.5 Å². The SMILES string of the molecule is COc1cccc(CN2C(=O)N[C@](C)(C3CCN(CCCc4ccccc4)CC3)C2=O)c1OC. The number of carbonyl (C=O) groups is 2. The number of ether oxygens (including phenoxy) is 2. The highest BCUT2D eigenvalue weighted by Gasteiger charge is 2.52. The third kappa shape index (κ3) is 4.89. The lowest BCUT2D eigenvalue weighted by atomic mass is 9.79. The number of benzene rings is 2. The number of urea groups is 1. The largest absolute Gasteiger partial charge is 0.493 e. The molecule has 0 saturated carbocycles. The van der Waals surface area contributed by atoms with Gasteiger partial charge in [-0.05, 0) is 69.8 Å². The van der Waals surface area contributed by atoms with Crippen LogP contribution in [0.4, 0.5) is 4.79 Å². The second-order valence-electron chi connectivity index (χ2n) is 9.38. The molecule has 2 fully saturated rings. The number of hydrogen-bond donors (Lipinski definition) is 1. The van der Waals surface area contributed by atoms with Gasteiger partial charge in [-0.1, -0.05) is 42.5 Å². The summed E-state index contributed by atoms with van der Waals surface area (Å²) in [4.78, 5) is 30.1. The summed E-state index contributed by atoms with van der Waals surface area (Å²) in [5.74, 6) is 1.08. The zero-order chi connectivity index (χ0) is 24.1. The Bertz CT molecular complexity index is 1000. The Kier molecular flexibility index (Phi) is 7.41. The molecule has 0 bridgehead atoms. The summed E-state index contributed by atoms with van der Waals surface area (Å²) in [5, 5.41) is 3.01. The topological polar surface area (TPSA) is 71.1 Å². The van der Waals surface area contributed by atoms with Gasteiger partial charge in [-0.3, -0.25) is 9.69 Å². The lowest BCUT2D eigenvalue weighted by molar-refractivity contribution is -0.133. The number of hydrogen-bond acceptors (Lipinski definition) is 5. The Labute approximate surface area is 202 Å². The van der Waals surface area contributed by atoms with Gasteiger partial charge in [-0.2, -0.15) is 0 Å². The normalized spacial score (nSPS) is 21.6. The van der Waals surface area contributed by atoms with Crippen molar-refractivity contribution in [2.75, 3.05) is 33.9 Å². The van der Waals surface area contributed by atoms with Gasteiger partial charge in [0.05, 0.1) is 20.8 Å². The summed E-state index contributed by atoms with van der Waals surface area (Å²) >= 11 is 0. The van der Waals surface area contributed by atoms with E-state index in [2.05, 4.69) is 34.5 Å². The first-order chi connectivity index (χ1) is 16.5. The van der Waals surface area contributed by atoms with E-state index in [-0.39, 0.29) is 24.4 Å². The van der Waals surface area contributed by atoms with Crippen LogP contribution in [0.15, 0.2) is 48.5 Å². The van der Waals surface area contributed by atoms with Crippen LogP contribution in [0.25, 0.3) is 0 Å². The average Bonchev–Trinajstić information content (AvgIpc) is 3.08. The van der Waals surface area contributed by atoms with Gasteiger partial charge in [0.2, 0.25) is 0 Å². The van der Waals surface area contributed by atoms with Crippen molar-refractivity contribution in [3.8, 4) is 11.5 Å². The minimum absolute atomic E-state index is 0.117. The van der Waals surface area contributed by atoms with Crippen molar-refractivity contribution in [2.24, 2.45) is 5.92 Å². The van der Waals surface area contributed by atoms with E-state index in [0.717, 1.165) is 50.9 Å². The molecule has 0 unspecified atom stereocenters. The smallest absolute Gasteiger partial charge is 0.325 e. The molecule has 2 aliphatic rings. The minimum Gasteiger partial charge on any atom is -0.493 e. The fraction of sp³-hybridized carbons (Fsp3) is 0.481. The molecule has 1 atom stereocenters. The predicted molar refractivity (Wildman–Crippen MR) is 131 cm³/mol. The molecule has 0 spiro atoms. The summed E-state index contributed by atoms with van der Waals surface area (Å²) in [6.45, 7) is 4.98. The van der Waals surface area contributed by atoms with Gasteiger partial charge in [-0.25, -0.2) is 4.79 Å². The second kappa shape index (κ2) is 10.5. The number of amides is 3. The van der Waals surface area contributed by atoms with Crippen molar-refractivity contribution >= 4 is 11.9 Å². The lowest BCUT2D eigenvalue weighted by Gasteiger charge is -2.39. The number of piperidine rings is 1. The van der Waals surface area contributed by atoms with Gasteiger partial charge in [0.25, 0.3) is 5.91 Å². The maximum absolute atomic E-state index is 13.5. The number of likely N-dealkylation sites (tertiary alicyclic amines) is 1. The molecule has 2 aliphatic heterocycles. The number of rotatable bonds is 9. The molecule has 0 aliphatic carbocycles. The molecule has 1 N–H and O–H groups in total. The van der Waals surface area contributed by atoms with Crippen LogP contribution in [0.2, 0.25) is 0 Å². The highest BCUT2D eigenvalue weighted by atomic mass is 16.5. The third-order valence-corrected chi connectivity index (χ3v) is 7.30. The van der Waals surface area contributed by atoms with Crippen LogP contribution in [0.1, 0.15) is 37.3 Å². The molecule has 34 heavy (non-hydrogen) atoms. The van der Waals surface area contributed by atoms with Gasteiger partial charge in [-0.15, -0.1) is 0 Å². The molecule has 182 valence electrons. The van der Waals surface area contributed by atoms with Crippen molar-refractivity contribution in [1.82, 2.24) is 15.1 Å². The van der Waals surface area contributed by atoms with Crippen LogP contribution < -0.4 is 14.8 Å². The monoisotopic (exact) mass is 465 g/mol. The van der Waals surface area contributed by atoms with Gasteiger partial charge in [0.1, 0.15) is 5.54 Å². The standard InChI is InChI=1S/C27H35N3O4/c1-27(22-14-17-29(18-15-22)16-8-11-20-9-5-4-6-10-20)25(31)30(26(32)28-27)19-21-12-7-13-23(33-2)24(21)34-3/h4-7,9-10,12-13,22H,8,11,14-19H2,1-3H3,(H,28,32)/t27-/m1/s1. The van der Waals surface area contributed by atoms with Crippen LogP contribution >= 0.6 is 0 Å². The van der Waals surface area contributed by atoms with Crippen molar-refractivity contribution in [1.29, 1.82) is 0 Å². The molecular formula is C27H35N3O4. The average molecular weight is 466 g/mol. The van der Waals surface area contributed by atoms with Gasteiger partial charge >= 0.3 is 6.03 Å². The van der Waals surface area contributed by atoms with E-state index in [1.54, 1.807) is 20.3 Å². The van der Waals surface area contributed by atoms with E-state index in [1.807, 2.05) is 25.1 Å². The number of nitrogens with one attached hydrogen (secondary N) is 1. The van der Waals surface area contributed by atoms with Crippen molar-refractivity contribution in [2.45, 2.75) is 44.7 Å². The van der Waals surface area contributed by atoms with E-state index in [9.17, 15) is 9.59 Å². The summed E-state index contributed by atoms with van der Waals surface area (Å²) in [6, 6.07) is 15.7. The van der Waals surface area contributed by atoms with Gasteiger partial charge < -0.3 is 19.7 Å². The number of methoxy groups -OCH3 is 2. The van der Waals surface area contributed by atoms with Crippen molar-refractivity contribution < 1.29 is 19.1 Å². The molecule has 4 rings (SSSR count). The molecule has 0 aromatic heterocycles. The summed E-state index contributed by atoms with van der Waals surface area (Å²) in [7, 11) is 3.13. The van der Waals surface area contributed by atoms with Crippen LogP contribution in [0.5, 0.6) is 11.5 Å². The van der Waals surface area contributed by atoms with Crippen LogP contribution in [0, 0.1) is 5.92 Å². The molecule has 0 radical (unpaired) electrons. The molecule has 2 aromatic rings. The summed E-state index contributed by atoms with van der Waals surface area (Å²) in [5.41, 5.74) is 1.24.